The third kappa shape index (κ3) is 8.19. The fourth-order valence-electron chi connectivity index (χ4n) is 4.57. The highest BCUT2D eigenvalue weighted by atomic mass is 32.2. The van der Waals surface area contributed by atoms with Gasteiger partial charge in [0.2, 0.25) is 0 Å². The van der Waals surface area contributed by atoms with Crippen molar-refractivity contribution in [2.24, 2.45) is 7.05 Å². The lowest BCUT2D eigenvalue weighted by molar-refractivity contribution is 0.0702. The smallest absolute Gasteiger partial charge is 0.274 e. The highest BCUT2D eigenvalue weighted by molar-refractivity contribution is 7.91. The zero-order chi connectivity index (χ0) is 33.4. The van der Waals surface area contributed by atoms with Crippen LogP contribution in [0.3, 0.4) is 0 Å². The van der Waals surface area contributed by atoms with Gasteiger partial charge in [0, 0.05) is 24.4 Å². The van der Waals surface area contributed by atoms with Gasteiger partial charge in [-0.25, -0.2) is 19.4 Å². The maximum atomic E-state index is 12.7. The molecular formula is C31H32N6O7S2. The monoisotopic (exact) mass is 664 g/mol. The van der Waals surface area contributed by atoms with Crippen molar-refractivity contribution in [3.63, 3.8) is 0 Å². The number of hydrogen-bond donors (Lipinski definition) is 5. The van der Waals surface area contributed by atoms with Crippen LogP contribution in [0.15, 0.2) is 90.0 Å². The van der Waals surface area contributed by atoms with Crippen molar-refractivity contribution in [2.75, 3.05) is 5.75 Å². The fourth-order valence-corrected chi connectivity index (χ4v) is 6.70. The van der Waals surface area contributed by atoms with Crippen molar-refractivity contribution < 1.29 is 33.2 Å². The van der Waals surface area contributed by atoms with Crippen molar-refractivity contribution in [3.8, 4) is 0 Å². The van der Waals surface area contributed by atoms with Gasteiger partial charge in [0.05, 0.1) is 28.4 Å². The van der Waals surface area contributed by atoms with Crippen LogP contribution in [0.5, 0.6) is 0 Å². The van der Waals surface area contributed by atoms with E-state index < -0.39 is 21.7 Å². The molecule has 0 spiro atoms. The van der Waals surface area contributed by atoms with Crippen molar-refractivity contribution in [3.05, 3.63) is 113 Å². The van der Waals surface area contributed by atoms with E-state index in [1.54, 1.807) is 83.4 Å². The average Bonchev–Trinajstić information content (AvgIpc) is 3.72. The normalized spacial score (nSPS) is 12.4. The summed E-state index contributed by atoms with van der Waals surface area (Å²) in [7, 11) is -1.69. The molecule has 0 fully saturated rings. The van der Waals surface area contributed by atoms with Gasteiger partial charge in [0.1, 0.15) is 16.7 Å². The van der Waals surface area contributed by atoms with Crippen LogP contribution in [0.2, 0.25) is 0 Å². The summed E-state index contributed by atoms with van der Waals surface area (Å²) in [6.07, 6.45) is 1.80. The van der Waals surface area contributed by atoms with Gasteiger partial charge in [0.25, 0.3) is 17.7 Å². The van der Waals surface area contributed by atoms with E-state index in [9.17, 15) is 22.8 Å². The van der Waals surface area contributed by atoms with Crippen molar-refractivity contribution in [1.29, 1.82) is 0 Å². The molecule has 0 aliphatic rings. The van der Waals surface area contributed by atoms with E-state index in [1.165, 1.54) is 18.2 Å². The molecule has 5 aromatic rings. The summed E-state index contributed by atoms with van der Waals surface area (Å²) in [5.41, 5.74) is 7.14. The van der Waals surface area contributed by atoms with Crippen LogP contribution < -0.4 is 16.3 Å². The maximum absolute atomic E-state index is 12.7. The number of benzene rings is 3. The summed E-state index contributed by atoms with van der Waals surface area (Å²) < 4.78 is 35.2. The van der Waals surface area contributed by atoms with Gasteiger partial charge in [0.15, 0.2) is 9.84 Å². The predicted octanol–water partition coefficient (Wildman–Crippen LogP) is 4.02. The molecule has 15 heteroatoms. The fraction of sp³-hybridized carbons (Fsp3) is 0.194. The molecule has 5 rings (SSSR count). The lowest BCUT2D eigenvalue weighted by Gasteiger charge is -2.15. The van der Waals surface area contributed by atoms with Crippen LogP contribution in [0, 0.1) is 0 Å². The molecular weight excluding hydrogens is 633 g/mol. The number of amides is 3. The number of hydrogen-bond acceptors (Lipinski definition) is 10. The van der Waals surface area contributed by atoms with Gasteiger partial charge in [-0.15, -0.1) is 0 Å². The van der Waals surface area contributed by atoms with Crippen molar-refractivity contribution in [2.45, 2.75) is 30.7 Å². The third-order valence-corrected chi connectivity index (χ3v) is 9.64. The van der Waals surface area contributed by atoms with E-state index in [-0.39, 0.29) is 28.5 Å². The molecule has 0 radical (unpaired) electrons. The van der Waals surface area contributed by atoms with Crippen LogP contribution in [-0.2, 0) is 16.9 Å². The molecule has 46 heavy (non-hydrogen) atoms. The zero-order valence-electron chi connectivity index (χ0n) is 25.0. The number of nitrogens with zero attached hydrogens (tertiary/aromatic N) is 3. The van der Waals surface area contributed by atoms with E-state index in [1.807, 2.05) is 19.9 Å². The van der Waals surface area contributed by atoms with Gasteiger partial charge >= 0.3 is 0 Å². The van der Waals surface area contributed by atoms with Crippen LogP contribution in [0.25, 0.3) is 11.0 Å². The Balaban J connectivity index is 0.000000212. The highest BCUT2D eigenvalue weighted by Gasteiger charge is 2.21. The molecule has 0 aliphatic heterocycles. The number of carbonyl (C=O) groups excluding carboxylic acids is 3. The first-order chi connectivity index (χ1) is 21.9. The van der Waals surface area contributed by atoms with Crippen LogP contribution in [-0.4, -0.2) is 55.6 Å². The average molecular weight is 665 g/mol. The molecule has 13 nitrogen and oxygen atoms in total. The lowest BCUT2D eigenvalue weighted by Crippen LogP contribution is -2.28. The topological polar surface area (TPSA) is 193 Å². The van der Waals surface area contributed by atoms with Gasteiger partial charge < -0.3 is 9.88 Å². The standard InChI is InChI=1S/C16H15N3O4S2.C15H17N3O3/c1-10(11-2-4-12(5-3-11)16(20)17-21)9-25(22,23)13-6-7-14-15(8-13)19-24-18-14;1-10(16-15(20)13-7-4-8-18(13)2)11-5-3-6-12(9-11)14(19)17-21/h2-8,10,21H,9H2,1H3,(H,17,20);3-10,21H,1-2H3,(H,16,20)(H,17,19)/t;10-/m.1/s1. The Morgan fingerprint density at radius 3 is 2.13 bits per heavy atom. The summed E-state index contributed by atoms with van der Waals surface area (Å²) in [6.45, 7) is 3.64. The van der Waals surface area contributed by atoms with Crippen LogP contribution in [0.4, 0.5) is 0 Å². The molecule has 2 heterocycles. The SMILES string of the molecule is CC(CS(=O)(=O)c1ccc2nsnc2c1)c1ccc(C(=O)NO)cc1.C[C@@H](NC(=O)c1cccn1C)c1cccc(C(=O)NO)c1. The Kier molecular flexibility index (Phi) is 11.0. The van der Waals surface area contributed by atoms with Crippen molar-refractivity contribution >= 4 is 50.3 Å². The Bertz CT molecular complexity index is 1960. The molecule has 0 saturated heterocycles. The molecule has 3 aromatic carbocycles. The minimum atomic E-state index is -3.49. The van der Waals surface area contributed by atoms with E-state index in [0.717, 1.165) is 22.9 Å². The minimum absolute atomic E-state index is 0.0678. The van der Waals surface area contributed by atoms with E-state index in [4.69, 9.17) is 10.4 Å². The molecule has 0 aliphatic carbocycles. The first-order valence-electron chi connectivity index (χ1n) is 13.9. The van der Waals surface area contributed by atoms with Gasteiger partial charge in [-0.05, 0) is 78.6 Å². The second-order valence-electron chi connectivity index (χ2n) is 10.4. The highest BCUT2D eigenvalue weighted by Crippen LogP contribution is 2.24. The summed E-state index contributed by atoms with van der Waals surface area (Å²) >= 11 is 1.04. The number of aryl methyl sites for hydroxylation is 1. The summed E-state index contributed by atoms with van der Waals surface area (Å²) in [5, 5.41) is 20.1. The molecule has 2 aromatic heterocycles. The summed E-state index contributed by atoms with van der Waals surface area (Å²) in [4.78, 5) is 35.1. The summed E-state index contributed by atoms with van der Waals surface area (Å²) in [6, 6.07) is 21.2. The van der Waals surface area contributed by atoms with Gasteiger partial charge in [-0.3, -0.25) is 24.8 Å². The molecule has 0 bridgehead atoms. The Labute approximate surface area is 269 Å². The number of sulfone groups is 1. The van der Waals surface area contributed by atoms with Crippen LogP contribution >= 0.6 is 11.7 Å². The number of fused-ring (bicyclic) bond motifs is 1. The first-order valence-corrected chi connectivity index (χ1v) is 16.3. The summed E-state index contributed by atoms with van der Waals surface area (Å²) in [5.74, 6) is -1.72. The molecule has 5 N–H and O–H groups in total. The molecule has 0 saturated carbocycles. The zero-order valence-corrected chi connectivity index (χ0v) is 26.7. The number of rotatable bonds is 9. The van der Waals surface area contributed by atoms with E-state index >= 15 is 0 Å². The number of aromatic nitrogens is 3. The van der Waals surface area contributed by atoms with Gasteiger partial charge in [-0.2, -0.15) is 8.75 Å². The predicted molar refractivity (Wildman–Crippen MR) is 171 cm³/mol. The third-order valence-electron chi connectivity index (χ3n) is 7.17. The van der Waals surface area contributed by atoms with E-state index in [0.29, 0.717) is 27.9 Å². The Hall–Kier alpha value is -4.96. The first kappa shape index (κ1) is 33.9. The quantitative estimate of drug-likeness (QED) is 0.114. The maximum Gasteiger partial charge on any atom is 0.274 e. The Morgan fingerprint density at radius 2 is 1.48 bits per heavy atom. The number of carbonyl (C=O) groups is 3. The molecule has 2 atom stereocenters. The molecule has 3 amide bonds. The number of nitrogens with one attached hydrogen (secondary N) is 3. The second kappa shape index (κ2) is 14.9. The van der Waals surface area contributed by atoms with Crippen LogP contribution in [0.1, 0.15) is 68.1 Å². The number of hydroxylamine groups is 2. The van der Waals surface area contributed by atoms with E-state index in [2.05, 4.69) is 14.1 Å². The minimum Gasteiger partial charge on any atom is -0.347 e. The van der Waals surface area contributed by atoms with Crippen molar-refractivity contribution in [1.82, 2.24) is 29.6 Å². The van der Waals surface area contributed by atoms with Gasteiger partial charge in [-0.1, -0.05) is 31.2 Å². The largest absolute Gasteiger partial charge is 0.347 e. The lowest BCUT2D eigenvalue weighted by atomic mass is 10.0. The molecule has 240 valence electrons. The molecule has 1 unspecified atom stereocenters. The Morgan fingerprint density at radius 1 is 0.804 bits per heavy atom. The second-order valence-corrected chi connectivity index (χ2v) is 13.0.